The Labute approximate surface area is 166 Å². The molecule has 1 unspecified atom stereocenters. The minimum atomic E-state index is -0.216. The molecule has 3 rings (SSSR count). The van der Waals surface area contributed by atoms with Crippen molar-refractivity contribution in [3.8, 4) is 17.1 Å². The average Bonchev–Trinajstić information content (AvgIpc) is 2.71. The van der Waals surface area contributed by atoms with Crippen molar-refractivity contribution in [3.05, 3.63) is 73.0 Å². The van der Waals surface area contributed by atoms with Crippen molar-refractivity contribution < 1.29 is 9.84 Å². The number of allylic oxidation sites excluding steroid dienone is 1. The van der Waals surface area contributed by atoms with Crippen LogP contribution in [0.1, 0.15) is 31.7 Å². The van der Waals surface area contributed by atoms with E-state index in [1.807, 2.05) is 13.0 Å². The van der Waals surface area contributed by atoms with Gasteiger partial charge in [0.05, 0.1) is 11.6 Å². The molecule has 0 amide bonds. The van der Waals surface area contributed by atoms with Crippen LogP contribution in [0.2, 0.25) is 0 Å². The van der Waals surface area contributed by atoms with Crippen molar-refractivity contribution in [1.29, 1.82) is 0 Å². The van der Waals surface area contributed by atoms with E-state index in [4.69, 9.17) is 4.74 Å². The molecule has 0 saturated heterocycles. The predicted octanol–water partition coefficient (Wildman–Crippen LogP) is 5.43. The molecule has 3 aromatic rings. The maximum absolute atomic E-state index is 9.28. The van der Waals surface area contributed by atoms with Gasteiger partial charge in [0.15, 0.2) is 0 Å². The van der Waals surface area contributed by atoms with E-state index in [1.165, 1.54) is 5.56 Å². The van der Waals surface area contributed by atoms with Gasteiger partial charge in [-0.05, 0) is 55.0 Å². The standard InChI is InChI=1S/C24H26N2O2/c1-3-15-28-24-25-17-22-16-21(13-14-23(22)26-24)20-11-9-19(10-12-20)8-6-4-5-7-18(2)27/h3,6,8-14,16-18,27H,1,4-5,7,15H2,2H3/b8-6+. The Balaban J connectivity index is 1.68. The van der Waals surface area contributed by atoms with Crippen molar-refractivity contribution in [3.63, 3.8) is 0 Å². The Morgan fingerprint density at radius 3 is 2.68 bits per heavy atom. The molecular weight excluding hydrogens is 348 g/mol. The van der Waals surface area contributed by atoms with Gasteiger partial charge in [0.2, 0.25) is 0 Å². The first kappa shape index (κ1) is 19.8. The summed E-state index contributed by atoms with van der Waals surface area (Å²) in [5.74, 6) is 0. The maximum atomic E-state index is 9.28. The summed E-state index contributed by atoms with van der Waals surface area (Å²) >= 11 is 0. The summed E-state index contributed by atoms with van der Waals surface area (Å²) in [6, 6.07) is 15.0. The van der Waals surface area contributed by atoms with Gasteiger partial charge >= 0.3 is 6.01 Å². The maximum Gasteiger partial charge on any atom is 0.317 e. The van der Waals surface area contributed by atoms with Crippen LogP contribution in [0.25, 0.3) is 28.1 Å². The largest absolute Gasteiger partial charge is 0.459 e. The van der Waals surface area contributed by atoms with Crippen molar-refractivity contribution in [2.45, 2.75) is 32.3 Å². The zero-order valence-electron chi connectivity index (χ0n) is 16.2. The summed E-state index contributed by atoms with van der Waals surface area (Å²) in [6.07, 6.45) is 10.4. The van der Waals surface area contributed by atoms with Gasteiger partial charge in [-0.1, -0.05) is 55.1 Å². The highest BCUT2D eigenvalue weighted by Gasteiger charge is 2.04. The first-order valence-corrected chi connectivity index (χ1v) is 9.61. The van der Waals surface area contributed by atoms with Crippen LogP contribution in [0.5, 0.6) is 6.01 Å². The molecular formula is C24H26N2O2. The van der Waals surface area contributed by atoms with E-state index in [0.717, 1.165) is 41.3 Å². The van der Waals surface area contributed by atoms with E-state index in [-0.39, 0.29) is 6.10 Å². The van der Waals surface area contributed by atoms with Crippen molar-refractivity contribution in [2.75, 3.05) is 6.61 Å². The van der Waals surface area contributed by atoms with Gasteiger partial charge in [-0.25, -0.2) is 4.98 Å². The summed E-state index contributed by atoms with van der Waals surface area (Å²) in [5, 5.41) is 10.3. The Kier molecular flexibility index (Phi) is 6.93. The lowest BCUT2D eigenvalue weighted by molar-refractivity contribution is 0.182. The second kappa shape index (κ2) is 9.81. The van der Waals surface area contributed by atoms with E-state index >= 15 is 0 Å². The number of ether oxygens (including phenoxy) is 1. The van der Waals surface area contributed by atoms with Crippen LogP contribution in [0.4, 0.5) is 0 Å². The van der Waals surface area contributed by atoms with Crippen LogP contribution in [0.15, 0.2) is 67.4 Å². The number of fused-ring (bicyclic) bond motifs is 1. The van der Waals surface area contributed by atoms with Crippen LogP contribution in [-0.2, 0) is 0 Å². The summed E-state index contributed by atoms with van der Waals surface area (Å²) < 4.78 is 5.39. The second-order valence-corrected chi connectivity index (χ2v) is 6.83. The number of benzene rings is 2. The molecule has 0 spiro atoms. The Bertz CT molecular complexity index is 946. The molecule has 0 fully saturated rings. The summed E-state index contributed by atoms with van der Waals surface area (Å²) in [6.45, 7) is 5.85. The van der Waals surface area contributed by atoms with Crippen LogP contribution >= 0.6 is 0 Å². The molecule has 144 valence electrons. The topological polar surface area (TPSA) is 55.2 Å². The zero-order valence-corrected chi connectivity index (χ0v) is 16.2. The fourth-order valence-corrected chi connectivity index (χ4v) is 2.94. The molecule has 0 aliphatic rings. The van der Waals surface area contributed by atoms with E-state index in [1.54, 1.807) is 12.3 Å². The Hall–Kier alpha value is -2.98. The minimum Gasteiger partial charge on any atom is -0.459 e. The summed E-state index contributed by atoms with van der Waals surface area (Å²) in [4.78, 5) is 8.66. The quantitative estimate of drug-likeness (QED) is 0.401. The van der Waals surface area contributed by atoms with Gasteiger partial charge in [-0.3, -0.25) is 0 Å². The van der Waals surface area contributed by atoms with E-state index in [9.17, 15) is 5.11 Å². The normalized spacial score (nSPS) is 12.4. The summed E-state index contributed by atoms with van der Waals surface area (Å²) in [5.41, 5.74) is 4.31. The molecule has 1 atom stereocenters. The highest BCUT2D eigenvalue weighted by atomic mass is 16.5. The minimum absolute atomic E-state index is 0.216. The molecule has 28 heavy (non-hydrogen) atoms. The molecule has 0 radical (unpaired) electrons. The molecule has 0 bridgehead atoms. The first-order chi connectivity index (χ1) is 13.7. The molecule has 1 aromatic heterocycles. The number of unbranched alkanes of at least 4 members (excludes halogenated alkanes) is 1. The van der Waals surface area contributed by atoms with Crippen LogP contribution < -0.4 is 4.74 Å². The number of aromatic nitrogens is 2. The monoisotopic (exact) mass is 374 g/mol. The Morgan fingerprint density at radius 1 is 1.14 bits per heavy atom. The fraction of sp³-hybridized carbons (Fsp3) is 0.250. The number of hydrogen-bond donors (Lipinski definition) is 1. The lowest BCUT2D eigenvalue weighted by Gasteiger charge is -2.06. The summed E-state index contributed by atoms with van der Waals surface area (Å²) in [7, 11) is 0. The Morgan fingerprint density at radius 2 is 1.93 bits per heavy atom. The predicted molar refractivity (Wildman–Crippen MR) is 115 cm³/mol. The number of nitrogens with zero attached hydrogens (tertiary/aromatic N) is 2. The van der Waals surface area contributed by atoms with Crippen LogP contribution in [-0.4, -0.2) is 27.8 Å². The smallest absolute Gasteiger partial charge is 0.317 e. The van der Waals surface area contributed by atoms with Gasteiger partial charge in [-0.15, -0.1) is 0 Å². The van der Waals surface area contributed by atoms with E-state index in [0.29, 0.717) is 12.6 Å². The lowest BCUT2D eigenvalue weighted by Crippen LogP contribution is -1.98. The highest BCUT2D eigenvalue weighted by Crippen LogP contribution is 2.25. The molecule has 4 nitrogen and oxygen atoms in total. The molecule has 0 aliphatic heterocycles. The van der Waals surface area contributed by atoms with Gasteiger partial charge in [0, 0.05) is 11.6 Å². The van der Waals surface area contributed by atoms with Crippen LogP contribution in [0.3, 0.4) is 0 Å². The third-order valence-corrected chi connectivity index (χ3v) is 4.43. The number of aliphatic hydroxyl groups excluding tert-OH is 1. The molecule has 2 aromatic carbocycles. The van der Waals surface area contributed by atoms with Gasteiger partial charge in [0.25, 0.3) is 0 Å². The van der Waals surface area contributed by atoms with Crippen LogP contribution in [0, 0.1) is 0 Å². The SMILES string of the molecule is C=CCOc1ncc2cc(-c3ccc(/C=C/CCCC(C)O)cc3)ccc2n1. The first-order valence-electron chi connectivity index (χ1n) is 9.61. The molecule has 1 heterocycles. The van der Waals surface area contributed by atoms with Crippen molar-refractivity contribution >= 4 is 17.0 Å². The molecule has 4 heteroatoms. The van der Waals surface area contributed by atoms with E-state index < -0.39 is 0 Å². The molecule has 0 aliphatic carbocycles. The van der Waals surface area contributed by atoms with Gasteiger partial charge < -0.3 is 9.84 Å². The zero-order chi connectivity index (χ0) is 19.8. The second-order valence-electron chi connectivity index (χ2n) is 6.83. The third-order valence-electron chi connectivity index (χ3n) is 4.43. The lowest BCUT2D eigenvalue weighted by atomic mass is 10.0. The number of aliphatic hydroxyl groups is 1. The fourth-order valence-electron chi connectivity index (χ4n) is 2.94. The van der Waals surface area contributed by atoms with Gasteiger partial charge in [0.1, 0.15) is 6.61 Å². The number of rotatable bonds is 9. The highest BCUT2D eigenvalue weighted by molar-refractivity contribution is 5.84. The van der Waals surface area contributed by atoms with E-state index in [2.05, 4.69) is 65.1 Å². The average molecular weight is 374 g/mol. The van der Waals surface area contributed by atoms with Gasteiger partial charge in [-0.2, -0.15) is 4.98 Å². The molecule has 0 saturated carbocycles. The third kappa shape index (κ3) is 5.51. The number of hydrogen-bond acceptors (Lipinski definition) is 4. The van der Waals surface area contributed by atoms with Crippen molar-refractivity contribution in [1.82, 2.24) is 9.97 Å². The van der Waals surface area contributed by atoms with Crippen molar-refractivity contribution in [2.24, 2.45) is 0 Å². The molecule has 1 N–H and O–H groups in total.